The van der Waals surface area contributed by atoms with E-state index in [4.69, 9.17) is 4.74 Å². The van der Waals surface area contributed by atoms with Crippen molar-refractivity contribution in [3.8, 4) is 5.75 Å². The molecule has 0 aromatic heterocycles. The summed E-state index contributed by atoms with van der Waals surface area (Å²) in [7, 11) is 0. The summed E-state index contributed by atoms with van der Waals surface area (Å²) in [6.45, 7) is 6.19. The Morgan fingerprint density at radius 3 is 2.71 bits per heavy atom. The average molecular weight is 352 g/mol. The van der Waals surface area contributed by atoms with E-state index in [2.05, 4.69) is 5.32 Å². The fourth-order valence-corrected chi connectivity index (χ4v) is 3.28. The van der Waals surface area contributed by atoms with Gasteiger partial charge in [-0.25, -0.2) is 4.79 Å². The number of ether oxygens (including phenoxy) is 1. The number of nitro groups is 1. The largest absolute Gasteiger partial charge is 0.487 e. The highest BCUT2D eigenvalue weighted by Gasteiger charge is 2.45. The third kappa shape index (κ3) is 3.64. The number of benzene rings is 1. The molecule has 2 rings (SSSR count). The number of rotatable bonds is 7. The Labute approximate surface area is 144 Å². The third-order valence-corrected chi connectivity index (χ3v) is 4.94. The lowest BCUT2D eigenvalue weighted by atomic mass is 10.0. The van der Waals surface area contributed by atoms with Crippen LogP contribution in [0.4, 0.5) is 5.69 Å². The van der Waals surface area contributed by atoms with E-state index >= 15 is 0 Å². The molecule has 0 fully saturated rings. The molecule has 1 aromatic rings. The van der Waals surface area contributed by atoms with Crippen molar-refractivity contribution in [2.75, 3.05) is 6.61 Å². The van der Waals surface area contributed by atoms with Gasteiger partial charge in [0, 0.05) is 17.3 Å². The van der Waals surface area contributed by atoms with Crippen LogP contribution in [0, 0.1) is 16.0 Å². The number of nitrogens with zero attached hydrogens (tertiary/aromatic N) is 1. The maximum Gasteiger partial charge on any atom is 0.345 e. The van der Waals surface area contributed by atoms with Gasteiger partial charge in [0.15, 0.2) is 5.75 Å². The number of thioether (sulfide) groups is 1. The average Bonchev–Trinajstić information content (AvgIpc) is 2.90. The SMILES string of the molecule is CC1=CSC(C(=O)O)(c2ccc(OCCC(C)C)c([N+](=O)[O-])c2)N1. The lowest BCUT2D eigenvalue weighted by molar-refractivity contribution is -0.386. The zero-order valence-electron chi connectivity index (χ0n) is 13.7. The lowest BCUT2D eigenvalue weighted by Crippen LogP contribution is -2.42. The van der Waals surface area contributed by atoms with E-state index in [0.717, 1.165) is 18.2 Å². The first kappa shape index (κ1) is 18.1. The maximum atomic E-state index is 11.8. The van der Waals surface area contributed by atoms with Crippen LogP contribution in [0.25, 0.3) is 0 Å². The summed E-state index contributed by atoms with van der Waals surface area (Å²) in [4.78, 5) is 21.1. The summed E-state index contributed by atoms with van der Waals surface area (Å²) in [5, 5.41) is 25.6. The highest BCUT2D eigenvalue weighted by Crippen LogP contribution is 2.43. The molecule has 1 atom stereocenters. The van der Waals surface area contributed by atoms with Gasteiger partial charge in [-0.2, -0.15) is 0 Å². The molecule has 0 aliphatic carbocycles. The zero-order valence-corrected chi connectivity index (χ0v) is 14.6. The van der Waals surface area contributed by atoms with Crippen molar-refractivity contribution in [2.45, 2.75) is 32.1 Å². The predicted molar refractivity (Wildman–Crippen MR) is 91.8 cm³/mol. The molecule has 0 amide bonds. The first-order valence-corrected chi connectivity index (χ1v) is 8.42. The Balaban J connectivity index is 2.34. The van der Waals surface area contributed by atoms with Gasteiger partial charge in [-0.15, -0.1) is 0 Å². The van der Waals surface area contributed by atoms with Crippen LogP contribution in [-0.2, 0) is 9.67 Å². The van der Waals surface area contributed by atoms with Gasteiger partial charge in [0.05, 0.1) is 11.5 Å². The fourth-order valence-electron chi connectivity index (χ4n) is 2.29. The summed E-state index contributed by atoms with van der Waals surface area (Å²) in [6.07, 6.45) is 0.776. The zero-order chi connectivity index (χ0) is 17.9. The van der Waals surface area contributed by atoms with Gasteiger partial charge in [-0.1, -0.05) is 31.7 Å². The van der Waals surface area contributed by atoms with Crippen molar-refractivity contribution in [2.24, 2.45) is 5.92 Å². The van der Waals surface area contributed by atoms with Gasteiger partial charge in [-0.05, 0) is 30.7 Å². The van der Waals surface area contributed by atoms with E-state index in [1.54, 1.807) is 18.4 Å². The van der Waals surface area contributed by atoms with Crippen LogP contribution in [-0.4, -0.2) is 22.6 Å². The molecule has 1 unspecified atom stereocenters. The highest BCUT2D eigenvalue weighted by atomic mass is 32.2. The quantitative estimate of drug-likeness (QED) is 0.572. The van der Waals surface area contributed by atoms with Crippen molar-refractivity contribution >= 4 is 23.4 Å². The van der Waals surface area contributed by atoms with Gasteiger partial charge in [0.2, 0.25) is 4.87 Å². The monoisotopic (exact) mass is 352 g/mol. The van der Waals surface area contributed by atoms with E-state index in [1.165, 1.54) is 12.1 Å². The van der Waals surface area contributed by atoms with Crippen LogP contribution in [0.3, 0.4) is 0 Å². The molecular formula is C16H20N2O5S. The van der Waals surface area contributed by atoms with Crippen molar-refractivity contribution in [3.05, 3.63) is 45.0 Å². The molecule has 1 aliphatic heterocycles. The van der Waals surface area contributed by atoms with Crippen LogP contribution in [0.1, 0.15) is 32.8 Å². The van der Waals surface area contributed by atoms with Crippen molar-refractivity contribution in [1.82, 2.24) is 5.32 Å². The Kier molecular flexibility index (Phi) is 5.38. The smallest absolute Gasteiger partial charge is 0.345 e. The Bertz CT molecular complexity index is 689. The summed E-state index contributed by atoms with van der Waals surface area (Å²) in [6, 6.07) is 4.29. The Hall–Kier alpha value is -2.22. The number of nitro benzene ring substituents is 1. The van der Waals surface area contributed by atoms with Crippen LogP contribution in [0.2, 0.25) is 0 Å². The Morgan fingerprint density at radius 2 is 2.21 bits per heavy atom. The summed E-state index contributed by atoms with van der Waals surface area (Å²) in [5.41, 5.74) is 0.766. The molecule has 7 nitrogen and oxygen atoms in total. The second-order valence-corrected chi connectivity index (χ2v) is 7.08. The molecule has 1 aliphatic rings. The standard InChI is InChI=1S/C16H20N2O5S/c1-10(2)6-7-23-14-5-4-12(8-13(14)18(21)22)16(15(19)20)17-11(3)9-24-16/h4-5,8-10,17H,6-7H2,1-3H3,(H,19,20). The number of hydrogen-bond donors (Lipinski definition) is 2. The second kappa shape index (κ2) is 7.12. The van der Waals surface area contributed by atoms with Gasteiger partial charge in [0.1, 0.15) is 0 Å². The van der Waals surface area contributed by atoms with Crippen LogP contribution in [0.5, 0.6) is 5.75 Å². The first-order valence-electron chi connectivity index (χ1n) is 7.54. The van der Waals surface area contributed by atoms with Crippen molar-refractivity contribution in [1.29, 1.82) is 0 Å². The molecule has 1 aromatic carbocycles. The molecule has 0 saturated heterocycles. The molecule has 2 N–H and O–H groups in total. The van der Waals surface area contributed by atoms with E-state index in [0.29, 0.717) is 23.8 Å². The molecule has 1 heterocycles. The molecule has 24 heavy (non-hydrogen) atoms. The van der Waals surface area contributed by atoms with Gasteiger partial charge in [-0.3, -0.25) is 10.1 Å². The molecule has 130 valence electrons. The fraction of sp³-hybridized carbons (Fsp3) is 0.438. The minimum Gasteiger partial charge on any atom is -0.487 e. The predicted octanol–water partition coefficient (Wildman–Crippen LogP) is 3.45. The molecular weight excluding hydrogens is 332 g/mol. The molecule has 0 bridgehead atoms. The number of carboxylic acids is 1. The third-order valence-electron chi connectivity index (χ3n) is 3.60. The van der Waals surface area contributed by atoms with Gasteiger partial charge >= 0.3 is 11.7 Å². The van der Waals surface area contributed by atoms with Gasteiger partial charge in [0.25, 0.3) is 0 Å². The first-order chi connectivity index (χ1) is 11.3. The summed E-state index contributed by atoms with van der Waals surface area (Å²) in [5.74, 6) is -0.535. The van der Waals surface area contributed by atoms with Crippen LogP contribution in [0.15, 0.2) is 29.3 Å². The number of hydrogen-bond acceptors (Lipinski definition) is 6. The van der Waals surface area contributed by atoms with Crippen molar-refractivity contribution < 1.29 is 19.6 Å². The van der Waals surface area contributed by atoms with E-state index in [1.807, 2.05) is 13.8 Å². The van der Waals surface area contributed by atoms with E-state index in [9.17, 15) is 20.0 Å². The number of nitrogens with one attached hydrogen (secondary N) is 1. The van der Waals surface area contributed by atoms with Crippen LogP contribution >= 0.6 is 11.8 Å². The number of carboxylic acid groups (broad SMARTS) is 1. The Morgan fingerprint density at radius 1 is 1.50 bits per heavy atom. The minimum absolute atomic E-state index is 0.151. The highest BCUT2D eigenvalue weighted by molar-refractivity contribution is 8.03. The van der Waals surface area contributed by atoms with Crippen LogP contribution < -0.4 is 10.1 Å². The maximum absolute atomic E-state index is 11.8. The van der Waals surface area contributed by atoms with Crippen molar-refractivity contribution in [3.63, 3.8) is 0 Å². The van der Waals surface area contributed by atoms with E-state index < -0.39 is 15.8 Å². The number of allylic oxidation sites excluding steroid dienone is 1. The second-order valence-electron chi connectivity index (χ2n) is 6.00. The molecule has 0 spiro atoms. The minimum atomic E-state index is -1.45. The van der Waals surface area contributed by atoms with E-state index in [-0.39, 0.29) is 11.4 Å². The summed E-state index contributed by atoms with van der Waals surface area (Å²) < 4.78 is 5.51. The number of carbonyl (C=O) groups is 1. The molecule has 0 radical (unpaired) electrons. The summed E-state index contributed by atoms with van der Waals surface area (Å²) >= 11 is 1.07. The van der Waals surface area contributed by atoms with Gasteiger partial charge < -0.3 is 15.2 Å². The molecule has 0 saturated carbocycles. The topological polar surface area (TPSA) is 102 Å². The molecule has 8 heteroatoms. The normalized spacial score (nSPS) is 19.8. The lowest BCUT2D eigenvalue weighted by Gasteiger charge is -2.25. The number of aliphatic carboxylic acids is 1.